The molecule has 11 aromatic rings. The van der Waals surface area contributed by atoms with E-state index in [1.54, 1.807) is 0 Å². The Morgan fingerprint density at radius 1 is 0.554 bits per heavy atom. The van der Waals surface area contributed by atoms with E-state index in [9.17, 15) is 10.5 Å². The predicted molar refractivity (Wildman–Crippen MR) is 228 cm³/mol. The van der Waals surface area contributed by atoms with Crippen molar-refractivity contribution in [3.05, 3.63) is 168 Å². The van der Waals surface area contributed by atoms with Crippen LogP contribution in [0, 0.1) is 29.6 Å². The molecule has 4 heterocycles. The molecule has 0 aliphatic heterocycles. The summed E-state index contributed by atoms with van der Waals surface area (Å²) < 4.78 is 13.3. The van der Waals surface area contributed by atoms with E-state index in [0.29, 0.717) is 22.5 Å². The lowest BCUT2D eigenvalue weighted by Crippen LogP contribution is -2.06. The van der Waals surface area contributed by atoms with Crippen molar-refractivity contribution in [2.45, 2.75) is 13.8 Å². The Balaban J connectivity index is 1.29. The van der Waals surface area contributed by atoms with Crippen LogP contribution < -0.4 is 0 Å². The summed E-state index contributed by atoms with van der Waals surface area (Å²) in [4.78, 5) is 0. The summed E-state index contributed by atoms with van der Waals surface area (Å²) in [5, 5.41) is 29.2. The van der Waals surface area contributed by atoms with E-state index >= 15 is 0 Å². The third-order valence-electron chi connectivity index (χ3n) is 11.4. The van der Waals surface area contributed by atoms with Crippen molar-refractivity contribution in [3.63, 3.8) is 0 Å². The van der Waals surface area contributed by atoms with E-state index in [-0.39, 0.29) is 0 Å². The van der Waals surface area contributed by atoms with Crippen LogP contribution in [0.5, 0.6) is 0 Å². The summed E-state index contributed by atoms with van der Waals surface area (Å²) >= 11 is 0. The lowest BCUT2D eigenvalue weighted by molar-refractivity contribution is 0.673. The molecule has 0 spiro atoms. The van der Waals surface area contributed by atoms with Gasteiger partial charge in [0.1, 0.15) is 28.9 Å². The van der Waals surface area contributed by atoms with Gasteiger partial charge in [0.25, 0.3) is 0 Å². The first kappa shape index (κ1) is 31.7. The van der Waals surface area contributed by atoms with Gasteiger partial charge in [-0.3, -0.25) is 0 Å². The van der Waals surface area contributed by atoms with Gasteiger partial charge in [-0.2, -0.15) is 10.5 Å². The molecular weight excluding hydrogens is 687 g/mol. The van der Waals surface area contributed by atoms with Gasteiger partial charge in [0.2, 0.25) is 0 Å². The maximum Gasteiger partial charge on any atom is 0.145 e. The molecule has 0 saturated heterocycles. The Morgan fingerprint density at radius 2 is 1.18 bits per heavy atom. The summed E-state index contributed by atoms with van der Waals surface area (Å²) in [6, 6.07) is 52.6. The van der Waals surface area contributed by atoms with Crippen LogP contribution in [0.1, 0.15) is 29.3 Å². The molecule has 6 nitrogen and oxygen atoms in total. The number of para-hydroxylation sites is 4. The largest absolute Gasteiger partial charge is 0.455 e. The Kier molecular flexibility index (Phi) is 6.71. The van der Waals surface area contributed by atoms with Crippen LogP contribution in [0.4, 0.5) is 0 Å². The zero-order valence-electron chi connectivity index (χ0n) is 30.6. The van der Waals surface area contributed by atoms with E-state index in [1.165, 1.54) is 10.9 Å². The molecule has 0 bridgehead atoms. The minimum atomic E-state index is 0.408. The summed E-state index contributed by atoms with van der Waals surface area (Å²) in [5.41, 5.74) is 11.9. The Hall–Kier alpha value is -7.80. The van der Waals surface area contributed by atoms with Gasteiger partial charge >= 0.3 is 0 Å². The first-order valence-electron chi connectivity index (χ1n) is 18.7. The number of fused-ring (bicyclic) bond motifs is 11. The number of hydrogen-bond acceptors (Lipinski definition) is 3. The van der Waals surface area contributed by atoms with E-state index in [1.807, 2.05) is 54.6 Å². The first-order valence-corrected chi connectivity index (χ1v) is 18.7. The number of allylic oxidation sites excluding steroid dienone is 1. The van der Waals surface area contributed by atoms with Gasteiger partial charge in [-0.15, -0.1) is 0 Å². The lowest BCUT2D eigenvalue weighted by atomic mass is 10.0. The van der Waals surface area contributed by atoms with Crippen LogP contribution >= 0.6 is 0 Å². The van der Waals surface area contributed by atoms with Crippen LogP contribution in [0.2, 0.25) is 0 Å². The first-order chi connectivity index (χ1) is 27.6. The zero-order chi connectivity index (χ0) is 37.7. The van der Waals surface area contributed by atoms with Crippen molar-refractivity contribution >= 4 is 82.5 Å². The quantitative estimate of drug-likeness (QED) is 0.182. The van der Waals surface area contributed by atoms with E-state index in [4.69, 9.17) is 4.42 Å². The van der Waals surface area contributed by atoms with Crippen LogP contribution in [-0.4, -0.2) is 13.7 Å². The van der Waals surface area contributed by atoms with Crippen molar-refractivity contribution in [1.82, 2.24) is 13.7 Å². The molecule has 0 atom stereocenters. The molecule has 0 aliphatic carbocycles. The number of rotatable bonds is 4. The number of hydrogen-bond donors (Lipinski definition) is 0. The van der Waals surface area contributed by atoms with Crippen molar-refractivity contribution in [1.29, 1.82) is 10.5 Å². The second kappa shape index (κ2) is 11.9. The molecule has 0 radical (unpaired) electrons. The van der Waals surface area contributed by atoms with Crippen LogP contribution in [-0.2, 0) is 0 Å². The van der Waals surface area contributed by atoms with E-state index in [2.05, 4.69) is 137 Å². The van der Waals surface area contributed by atoms with Gasteiger partial charge in [-0.25, -0.2) is 0 Å². The van der Waals surface area contributed by atoms with Gasteiger partial charge in [0.15, 0.2) is 0 Å². The highest BCUT2D eigenvalue weighted by atomic mass is 16.3. The molecule has 6 heteroatoms. The molecular formula is C50H31N5O. The number of nitrogens with zero attached hydrogens (tertiary/aromatic N) is 5. The van der Waals surface area contributed by atoms with Crippen molar-refractivity contribution in [3.8, 4) is 29.2 Å². The number of furan rings is 1. The molecule has 0 saturated carbocycles. The predicted octanol–water partition coefficient (Wildman–Crippen LogP) is 12.8. The molecule has 7 aromatic carbocycles. The Labute approximate surface area is 321 Å². The number of benzene rings is 7. The highest BCUT2D eigenvalue weighted by molar-refractivity contribution is 6.24. The molecule has 0 fully saturated rings. The number of nitriles is 2. The molecule has 0 unspecified atom stereocenters. The van der Waals surface area contributed by atoms with Gasteiger partial charge in [-0.1, -0.05) is 78.9 Å². The maximum absolute atomic E-state index is 11.2. The van der Waals surface area contributed by atoms with Gasteiger partial charge in [-0.05, 0) is 92.2 Å². The molecule has 0 amide bonds. The third kappa shape index (κ3) is 4.18. The van der Waals surface area contributed by atoms with Gasteiger partial charge < -0.3 is 18.1 Å². The second-order valence-electron chi connectivity index (χ2n) is 14.3. The molecule has 11 rings (SSSR count). The Bertz CT molecular complexity index is 3540. The smallest absolute Gasteiger partial charge is 0.145 e. The molecule has 4 aromatic heterocycles. The van der Waals surface area contributed by atoms with Crippen molar-refractivity contribution in [2.75, 3.05) is 0 Å². The average molecular weight is 718 g/mol. The SMILES string of the molecule is C/C=C\c1c(C)c2ccccc2n1-c1ccc2c(c1)c1c3oc4ccccc4c3ccc1n2-c1ccc(C#N)c(-n2c3ccccc3c3ccccc32)c1C#N. The van der Waals surface area contributed by atoms with Crippen LogP contribution in [0.15, 0.2) is 150 Å². The maximum atomic E-state index is 11.2. The average Bonchev–Trinajstić information content (AvgIpc) is 3.96. The summed E-state index contributed by atoms with van der Waals surface area (Å²) in [6.07, 6.45) is 4.26. The van der Waals surface area contributed by atoms with E-state index < -0.39 is 0 Å². The second-order valence-corrected chi connectivity index (χ2v) is 14.3. The Morgan fingerprint density at radius 3 is 1.88 bits per heavy atom. The summed E-state index contributed by atoms with van der Waals surface area (Å²) in [6.45, 7) is 4.23. The zero-order valence-corrected chi connectivity index (χ0v) is 30.6. The topological polar surface area (TPSA) is 75.5 Å². The monoisotopic (exact) mass is 717 g/mol. The van der Waals surface area contributed by atoms with Crippen LogP contribution in [0.3, 0.4) is 0 Å². The highest BCUT2D eigenvalue weighted by Gasteiger charge is 2.25. The normalized spacial score (nSPS) is 12.0. The molecule has 56 heavy (non-hydrogen) atoms. The van der Waals surface area contributed by atoms with E-state index in [0.717, 1.165) is 82.4 Å². The van der Waals surface area contributed by atoms with Crippen molar-refractivity contribution < 1.29 is 4.42 Å². The molecule has 262 valence electrons. The number of aryl methyl sites for hydroxylation is 1. The lowest BCUT2D eigenvalue weighted by Gasteiger charge is -2.17. The van der Waals surface area contributed by atoms with Gasteiger partial charge in [0, 0.05) is 43.7 Å². The van der Waals surface area contributed by atoms with Gasteiger partial charge in [0.05, 0.1) is 49.9 Å². The van der Waals surface area contributed by atoms with Crippen LogP contribution in [0.25, 0.3) is 99.6 Å². The standard InChI is InChI=1S/C50H31N5O/c1-3-12-40-30(2)33-13-4-8-17-41(33)53(40)32-22-25-44-38(27-32)48-46(26-23-37-36-16-7-11-20-47(36)56-50(37)48)54(44)45-24-21-31(28-51)49(39(45)29-52)55-42-18-9-5-14-34(42)35-15-6-10-19-43(35)55/h3-27H,1-2H3/b12-3-. The highest BCUT2D eigenvalue weighted by Crippen LogP contribution is 2.44. The molecule has 0 aliphatic rings. The minimum absolute atomic E-state index is 0.408. The molecule has 0 N–H and O–H groups in total. The minimum Gasteiger partial charge on any atom is -0.455 e. The fourth-order valence-corrected chi connectivity index (χ4v) is 9.09. The summed E-state index contributed by atoms with van der Waals surface area (Å²) in [7, 11) is 0. The number of aromatic nitrogens is 3. The third-order valence-corrected chi connectivity index (χ3v) is 11.4. The fraction of sp³-hybridized carbons (Fsp3) is 0.0400. The fourth-order valence-electron chi connectivity index (χ4n) is 9.09. The summed E-state index contributed by atoms with van der Waals surface area (Å²) in [5.74, 6) is 0. The van der Waals surface area contributed by atoms with Crippen molar-refractivity contribution in [2.24, 2.45) is 0 Å².